The normalized spacial score (nSPS) is 12.7. The maximum atomic E-state index is 14.1. The molecule has 0 aliphatic heterocycles. The number of halogens is 2. The number of hydrogen-bond acceptors (Lipinski definition) is 5. The van der Waals surface area contributed by atoms with Crippen LogP contribution < -0.4 is 14.4 Å². The van der Waals surface area contributed by atoms with Crippen LogP contribution in [0, 0.1) is 5.82 Å². The third-order valence-corrected chi connectivity index (χ3v) is 8.68. The van der Waals surface area contributed by atoms with Crippen LogP contribution >= 0.6 is 11.6 Å². The number of benzene rings is 3. The number of carbonyl (C=O) groups excluding carboxylic acids is 2. The van der Waals surface area contributed by atoms with Crippen molar-refractivity contribution in [2.24, 2.45) is 0 Å². The van der Waals surface area contributed by atoms with Crippen molar-refractivity contribution in [2.75, 3.05) is 18.0 Å². The van der Waals surface area contributed by atoms with Crippen LogP contribution in [0.2, 0.25) is 5.02 Å². The van der Waals surface area contributed by atoms with Crippen molar-refractivity contribution in [1.82, 2.24) is 10.2 Å². The molecule has 0 fully saturated rings. The van der Waals surface area contributed by atoms with Gasteiger partial charge in [-0.25, -0.2) is 12.8 Å². The van der Waals surface area contributed by atoms with Gasteiger partial charge in [0.2, 0.25) is 11.8 Å². The number of methoxy groups -OCH3 is 1. The predicted molar refractivity (Wildman–Crippen MR) is 158 cm³/mol. The number of sulfonamides is 1. The van der Waals surface area contributed by atoms with Crippen molar-refractivity contribution in [1.29, 1.82) is 0 Å². The third-order valence-electron chi connectivity index (χ3n) is 6.67. The van der Waals surface area contributed by atoms with Crippen LogP contribution in [-0.4, -0.2) is 50.9 Å². The van der Waals surface area contributed by atoms with E-state index in [-0.39, 0.29) is 46.3 Å². The average Bonchev–Trinajstić information content (AvgIpc) is 2.96. The van der Waals surface area contributed by atoms with E-state index in [1.165, 1.54) is 60.5 Å². The Balaban J connectivity index is 2.11. The second-order valence-corrected chi connectivity index (χ2v) is 11.8. The summed E-state index contributed by atoms with van der Waals surface area (Å²) < 4.78 is 47.9. The van der Waals surface area contributed by atoms with Gasteiger partial charge in [0, 0.05) is 17.6 Å². The summed E-state index contributed by atoms with van der Waals surface area (Å²) in [6.07, 6.45) is 0.951. The highest BCUT2D eigenvalue weighted by Crippen LogP contribution is 2.35. The Morgan fingerprint density at radius 3 is 2.24 bits per heavy atom. The maximum absolute atomic E-state index is 14.1. The number of nitrogens with one attached hydrogen (secondary N) is 1. The molecule has 0 aromatic heterocycles. The molecule has 3 rings (SSSR count). The fraction of sp³-hybridized carbons (Fsp3) is 0.333. The van der Waals surface area contributed by atoms with E-state index in [2.05, 4.69) is 5.32 Å². The second-order valence-electron chi connectivity index (χ2n) is 9.53. The molecule has 0 heterocycles. The summed E-state index contributed by atoms with van der Waals surface area (Å²) in [4.78, 5) is 28.7. The minimum atomic E-state index is -4.29. The van der Waals surface area contributed by atoms with E-state index >= 15 is 0 Å². The molecule has 0 unspecified atom stereocenters. The molecule has 41 heavy (non-hydrogen) atoms. The monoisotopic (exact) mass is 603 g/mol. The molecule has 220 valence electrons. The van der Waals surface area contributed by atoms with E-state index in [1.54, 1.807) is 31.2 Å². The highest BCUT2D eigenvalue weighted by Gasteiger charge is 2.35. The smallest absolute Gasteiger partial charge is 0.264 e. The lowest BCUT2D eigenvalue weighted by Gasteiger charge is -2.34. The first-order valence-electron chi connectivity index (χ1n) is 13.3. The summed E-state index contributed by atoms with van der Waals surface area (Å²) in [6, 6.07) is 16.7. The fourth-order valence-electron chi connectivity index (χ4n) is 4.24. The molecule has 0 bridgehead atoms. The lowest BCUT2D eigenvalue weighted by atomic mass is 10.1. The largest absolute Gasteiger partial charge is 0.495 e. The van der Waals surface area contributed by atoms with Crippen molar-refractivity contribution in [3.8, 4) is 5.75 Å². The summed E-state index contributed by atoms with van der Waals surface area (Å²) in [5.41, 5.74) is 0.642. The van der Waals surface area contributed by atoms with Gasteiger partial charge in [-0.3, -0.25) is 13.9 Å². The summed E-state index contributed by atoms with van der Waals surface area (Å²) in [6.45, 7) is 4.86. The first-order chi connectivity index (χ1) is 19.5. The number of nitrogens with zero attached hydrogens (tertiary/aromatic N) is 2. The zero-order valence-corrected chi connectivity index (χ0v) is 25.1. The molecule has 3 aromatic rings. The Morgan fingerprint density at radius 2 is 1.66 bits per heavy atom. The van der Waals surface area contributed by atoms with Crippen LogP contribution in [0.1, 0.15) is 39.2 Å². The van der Waals surface area contributed by atoms with Crippen molar-refractivity contribution in [3.63, 3.8) is 0 Å². The van der Waals surface area contributed by atoms with E-state index in [4.69, 9.17) is 16.3 Å². The van der Waals surface area contributed by atoms with Gasteiger partial charge in [-0.05, 0) is 67.8 Å². The van der Waals surface area contributed by atoms with Gasteiger partial charge in [-0.15, -0.1) is 0 Å². The highest BCUT2D eigenvalue weighted by molar-refractivity contribution is 7.92. The Bertz CT molecular complexity index is 1440. The molecule has 11 heteroatoms. The molecule has 0 spiro atoms. The number of carbonyl (C=O) groups is 2. The Morgan fingerprint density at radius 1 is 1.00 bits per heavy atom. The third kappa shape index (κ3) is 7.98. The molecule has 3 aromatic carbocycles. The second kappa shape index (κ2) is 14.3. The standard InChI is InChI=1S/C30H35ClFN3O5S/c1-5-21(3)33-30(37)26(6-2)34(19-22-12-15-24(32)16-13-22)29(36)20-35(27-18-23(31)14-17-28(27)40-4)41(38,39)25-10-8-7-9-11-25/h7-18,21,26H,5-6,19-20H2,1-4H3,(H,33,37)/t21-,26-/m0/s1. The van der Waals surface area contributed by atoms with E-state index in [1.807, 2.05) is 13.8 Å². The highest BCUT2D eigenvalue weighted by atomic mass is 35.5. The van der Waals surface area contributed by atoms with Gasteiger partial charge in [-0.1, -0.05) is 55.8 Å². The molecule has 2 amide bonds. The zero-order chi connectivity index (χ0) is 30.2. The Hall–Kier alpha value is -3.63. The zero-order valence-electron chi connectivity index (χ0n) is 23.5. The molecule has 0 radical (unpaired) electrons. The Labute approximate surface area is 246 Å². The van der Waals surface area contributed by atoms with Gasteiger partial charge in [0.1, 0.15) is 24.2 Å². The number of anilines is 1. The van der Waals surface area contributed by atoms with Crippen molar-refractivity contribution in [2.45, 2.75) is 57.1 Å². The van der Waals surface area contributed by atoms with Crippen LogP contribution in [0.25, 0.3) is 0 Å². The average molecular weight is 604 g/mol. The molecule has 0 aliphatic rings. The summed E-state index contributed by atoms with van der Waals surface area (Å²) >= 11 is 6.25. The van der Waals surface area contributed by atoms with Crippen LogP contribution in [0.15, 0.2) is 77.7 Å². The van der Waals surface area contributed by atoms with Crippen LogP contribution in [0.3, 0.4) is 0 Å². The quantitative estimate of drug-likeness (QED) is 0.282. The van der Waals surface area contributed by atoms with Gasteiger partial charge < -0.3 is 15.0 Å². The van der Waals surface area contributed by atoms with Gasteiger partial charge in [0.25, 0.3) is 10.0 Å². The van der Waals surface area contributed by atoms with Crippen LogP contribution in [0.4, 0.5) is 10.1 Å². The molecule has 0 saturated heterocycles. The van der Waals surface area contributed by atoms with Crippen molar-refractivity contribution < 1.29 is 27.1 Å². The topological polar surface area (TPSA) is 96.0 Å². The van der Waals surface area contributed by atoms with Gasteiger partial charge in [0.05, 0.1) is 17.7 Å². The number of amides is 2. The Kier molecular flexibility index (Phi) is 11.1. The number of rotatable bonds is 13. The first-order valence-corrected chi connectivity index (χ1v) is 15.1. The van der Waals surface area contributed by atoms with E-state index < -0.39 is 34.3 Å². The summed E-state index contributed by atoms with van der Waals surface area (Å²) in [7, 11) is -2.91. The lowest BCUT2D eigenvalue weighted by molar-refractivity contribution is -0.140. The van der Waals surface area contributed by atoms with Crippen molar-refractivity contribution >= 4 is 39.1 Å². The number of ether oxygens (including phenoxy) is 1. The van der Waals surface area contributed by atoms with E-state index in [0.717, 1.165) is 4.31 Å². The maximum Gasteiger partial charge on any atom is 0.264 e. The minimum absolute atomic E-state index is 0.0403. The van der Waals surface area contributed by atoms with E-state index in [0.29, 0.717) is 12.0 Å². The minimum Gasteiger partial charge on any atom is -0.495 e. The lowest BCUT2D eigenvalue weighted by Crippen LogP contribution is -2.53. The molecular weight excluding hydrogens is 569 g/mol. The predicted octanol–water partition coefficient (Wildman–Crippen LogP) is 5.41. The molecule has 0 aliphatic carbocycles. The first kappa shape index (κ1) is 31.9. The van der Waals surface area contributed by atoms with Crippen LogP contribution in [0.5, 0.6) is 5.75 Å². The fourth-order valence-corrected chi connectivity index (χ4v) is 5.84. The molecule has 1 N–H and O–H groups in total. The van der Waals surface area contributed by atoms with Gasteiger partial charge >= 0.3 is 0 Å². The summed E-state index contributed by atoms with van der Waals surface area (Å²) in [5, 5.41) is 3.16. The van der Waals surface area contributed by atoms with Crippen molar-refractivity contribution in [3.05, 3.63) is 89.2 Å². The molecule has 2 atom stereocenters. The summed E-state index contributed by atoms with van der Waals surface area (Å²) in [5.74, 6) is -1.26. The molecule has 0 saturated carbocycles. The molecule has 8 nitrogen and oxygen atoms in total. The SMILES string of the molecule is CC[C@H](C)NC(=O)[C@H](CC)N(Cc1ccc(F)cc1)C(=O)CN(c1cc(Cl)ccc1OC)S(=O)(=O)c1ccccc1. The molecular formula is C30H35ClFN3O5S. The van der Waals surface area contributed by atoms with Gasteiger partial charge in [0.15, 0.2) is 0 Å². The number of hydrogen-bond donors (Lipinski definition) is 1. The van der Waals surface area contributed by atoms with Crippen LogP contribution in [-0.2, 0) is 26.2 Å². The van der Waals surface area contributed by atoms with E-state index in [9.17, 15) is 22.4 Å². The van der Waals surface area contributed by atoms with Gasteiger partial charge in [-0.2, -0.15) is 0 Å².